The number of carbonyl (C=O) groups excluding carboxylic acids is 1. The Labute approximate surface area is 107 Å². The van der Waals surface area contributed by atoms with Crippen molar-refractivity contribution in [3.63, 3.8) is 0 Å². The van der Waals surface area contributed by atoms with Crippen LogP contribution in [-0.2, 0) is 4.79 Å². The molecule has 0 saturated carbocycles. The zero-order valence-corrected chi connectivity index (χ0v) is 11.1. The molecule has 2 N–H and O–H groups in total. The van der Waals surface area contributed by atoms with Crippen LogP contribution in [0.2, 0.25) is 5.02 Å². The molecule has 1 amide bonds. The van der Waals surface area contributed by atoms with Crippen molar-refractivity contribution in [2.24, 2.45) is 0 Å². The minimum Gasteiger partial charge on any atom is -0.368 e. The van der Waals surface area contributed by atoms with Gasteiger partial charge in [-0.15, -0.1) is 0 Å². The van der Waals surface area contributed by atoms with E-state index in [9.17, 15) is 4.79 Å². The molecule has 0 aliphatic heterocycles. The number of pyridine rings is 1. The Kier molecular flexibility index (Phi) is 4.75. The molecule has 0 aromatic carbocycles. The van der Waals surface area contributed by atoms with Crippen LogP contribution < -0.4 is 10.6 Å². The van der Waals surface area contributed by atoms with Crippen LogP contribution in [0.1, 0.15) is 27.2 Å². The molecular formula is C12H18ClN3O. The first kappa shape index (κ1) is 13.8. The number of amides is 1. The van der Waals surface area contributed by atoms with Crippen molar-refractivity contribution in [2.75, 3.05) is 11.9 Å². The first-order chi connectivity index (χ1) is 7.88. The number of halogens is 1. The van der Waals surface area contributed by atoms with Crippen LogP contribution >= 0.6 is 11.6 Å². The molecule has 0 fully saturated rings. The molecule has 1 aromatic heterocycles. The van der Waals surface area contributed by atoms with Crippen LogP contribution in [0.4, 0.5) is 5.82 Å². The topological polar surface area (TPSA) is 54.0 Å². The number of hydrogen-bond donors (Lipinski definition) is 2. The summed E-state index contributed by atoms with van der Waals surface area (Å²) in [7, 11) is 0. The summed E-state index contributed by atoms with van der Waals surface area (Å²) in [5, 5.41) is 6.47. The lowest BCUT2D eigenvalue weighted by molar-refractivity contribution is -0.122. The van der Waals surface area contributed by atoms with Gasteiger partial charge in [-0.1, -0.05) is 11.6 Å². The van der Waals surface area contributed by atoms with E-state index in [0.717, 1.165) is 0 Å². The number of nitrogens with one attached hydrogen (secondary N) is 2. The van der Waals surface area contributed by atoms with Crippen molar-refractivity contribution < 1.29 is 4.79 Å². The number of rotatable bonds is 4. The maximum atomic E-state index is 11.5. The number of hydrogen-bond acceptors (Lipinski definition) is 3. The second kappa shape index (κ2) is 5.87. The van der Waals surface area contributed by atoms with Gasteiger partial charge in [-0.25, -0.2) is 4.98 Å². The molecule has 0 saturated heterocycles. The number of aromatic nitrogens is 1. The van der Waals surface area contributed by atoms with Gasteiger partial charge in [0, 0.05) is 24.7 Å². The predicted molar refractivity (Wildman–Crippen MR) is 70.2 cm³/mol. The third-order valence-corrected chi connectivity index (χ3v) is 2.22. The zero-order valence-electron chi connectivity index (χ0n) is 10.4. The fraction of sp³-hybridized carbons (Fsp3) is 0.500. The Bertz CT molecular complexity index is 388. The summed E-state index contributed by atoms with van der Waals surface area (Å²) in [6.07, 6.45) is 2.05. The highest BCUT2D eigenvalue weighted by molar-refractivity contribution is 6.32. The van der Waals surface area contributed by atoms with Gasteiger partial charge in [0.25, 0.3) is 0 Å². The van der Waals surface area contributed by atoms with E-state index in [2.05, 4.69) is 15.6 Å². The Hall–Kier alpha value is -1.29. The molecule has 1 heterocycles. The van der Waals surface area contributed by atoms with E-state index >= 15 is 0 Å². The summed E-state index contributed by atoms with van der Waals surface area (Å²) in [5.74, 6) is 0.620. The standard InChI is InChI=1S/C12H18ClN3O/c1-12(2,3)16-10(17)6-8-15-11-9(13)5-4-7-14-11/h4-5,7H,6,8H2,1-3H3,(H,14,15)(H,16,17). The third-order valence-electron chi connectivity index (χ3n) is 1.92. The number of carbonyl (C=O) groups is 1. The normalized spacial score (nSPS) is 11.1. The second-order valence-electron chi connectivity index (χ2n) is 4.81. The monoisotopic (exact) mass is 255 g/mol. The highest BCUT2D eigenvalue weighted by Crippen LogP contribution is 2.16. The van der Waals surface area contributed by atoms with Gasteiger partial charge in [0.15, 0.2) is 0 Å². The van der Waals surface area contributed by atoms with Crippen molar-refractivity contribution >= 4 is 23.3 Å². The van der Waals surface area contributed by atoms with Crippen LogP contribution in [0.25, 0.3) is 0 Å². The van der Waals surface area contributed by atoms with Crippen LogP contribution in [-0.4, -0.2) is 23.0 Å². The van der Waals surface area contributed by atoms with E-state index < -0.39 is 0 Å². The molecule has 0 unspecified atom stereocenters. The molecular weight excluding hydrogens is 238 g/mol. The minimum absolute atomic E-state index is 0.0112. The molecule has 0 atom stereocenters. The summed E-state index contributed by atoms with van der Waals surface area (Å²) in [6, 6.07) is 3.52. The maximum absolute atomic E-state index is 11.5. The molecule has 0 aliphatic rings. The Balaban J connectivity index is 2.34. The van der Waals surface area contributed by atoms with Gasteiger partial charge in [-0.05, 0) is 32.9 Å². The molecule has 1 rings (SSSR count). The van der Waals surface area contributed by atoms with Crippen LogP contribution in [0.3, 0.4) is 0 Å². The van der Waals surface area contributed by atoms with Gasteiger partial charge in [-0.3, -0.25) is 4.79 Å². The predicted octanol–water partition coefficient (Wildman–Crippen LogP) is 2.45. The lowest BCUT2D eigenvalue weighted by Gasteiger charge is -2.20. The second-order valence-corrected chi connectivity index (χ2v) is 5.22. The van der Waals surface area contributed by atoms with Gasteiger partial charge in [-0.2, -0.15) is 0 Å². The van der Waals surface area contributed by atoms with Crippen LogP contribution in [0, 0.1) is 0 Å². The van der Waals surface area contributed by atoms with Crippen molar-refractivity contribution in [1.82, 2.24) is 10.3 Å². The van der Waals surface area contributed by atoms with Gasteiger partial charge >= 0.3 is 0 Å². The largest absolute Gasteiger partial charge is 0.368 e. The van der Waals surface area contributed by atoms with E-state index in [0.29, 0.717) is 23.8 Å². The van der Waals surface area contributed by atoms with Gasteiger partial charge in [0.05, 0.1) is 5.02 Å². The molecule has 1 aromatic rings. The average Bonchev–Trinajstić information content (AvgIpc) is 2.18. The van der Waals surface area contributed by atoms with Crippen molar-refractivity contribution in [2.45, 2.75) is 32.7 Å². The average molecular weight is 256 g/mol. The van der Waals surface area contributed by atoms with E-state index in [1.54, 1.807) is 18.3 Å². The fourth-order valence-corrected chi connectivity index (χ4v) is 1.48. The van der Waals surface area contributed by atoms with Gasteiger partial charge in [0.2, 0.25) is 5.91 Å². The highest BCUT2D eigenvalue weighted by Gasteiger charge is 2.13. The van der Waals surface area contributed by atoms with E-state index in [-0.39, 0.29) is 11.4 Å². The lowest BCUT2D eigenvalue weighted by atomic mass is 10.1. The van der Waals surface area contributed by atoms with Crippen molar-refractivity contribution in [3.05, 3.63) is 23.4 Å². The Morgan fingerprint density at radius 3 is 2.76 bits per heavy atom. The van der Waals surface area contributed by atoms with Crippen molar-refractivity contribution in [1.29, 1.82) is 0 Å². The Morgan fingerprint density at radius 2 is 2.18 bits per heavy atom. The summed E-state index contributed by atoms with van der Waals surface area (Å²) < 4.78 is 0. The smallest absolute Gasteiger partial charge is 0.222 e. The number of anilines is 1. The summed E-state index contributed by atoms with van der Waals surface area (Å²) in [6.45, 7) is 6.37. The van der Waals surface area contributed by atoms with Crippen LogP contribution in [0.15, 0.2) is 18.3 Å². The van der Waals surface area contributed by atoms with Crippen molar-refractivity contribution in [3.8, 4) is 0 Å². The third kappa shape index (κ3) is 5.54. The SMILES string of the molecule is CC(C)(C)NC(=O)CCNc1ncccc1Cl. The van der Waals surface area contributed by atoms with Gasteiger partial charge in [0.1, 0.15) is 5.82 Å². The fourth-order valence-electron chi connectivity index (χ4n) is 1.29. The zero-order chi connectivity index (χ0) is 12.9. The molecule has 4 nitrogen and oxygen atoms in total. The quantitative estimate of drug-likeness (QED) is 0.869. The molecule has 5 heteroatoms. The lowest BCUT2D eigenvalue weighted by Crippen LogP contribution is -2.41. The highest BCUT2D eigenvalue weighted by atomic mass is 35.5. The molecule has 94 valence electrons. The summed E-state index contributed by atoms with van der Waals surface area (Å²) in [4.78, 5) is 15.6. The minimum atomic E-state index is -0.195. The van der Waals surface area contributed by atoms with Crippen LogP contribution in [0.5, 0.6) is 0 Å². The molecule has 0 aliphatic carbocycles. The molecule has 0 bridgehead atoms. The molecule has 0 spiro atoms. The molecule has 17 heavy (non-hydrogen) atoms. The van der Waals surface area contributed by atoms with E-state index in [1.165, 1.54) is 0 Å². The maximum Gasteiger partial charge on any atom is 0.222 e. The first-order valence-electron chi connectivity index (χ1n) is 5.54. The summed E-state index contributed by atoms with van der Waals surface area (Å²) in [5.41, 5.74) is -0.195. The number of nitrogens with zero attached hydrogens (tertiary/aromatic N) is 1. The van der Waals surface area contributed by atoms with Gasteiger partial charge < -0.3 is 10.6 Å². The molecule has 0 radical (unpaired) electrons. The van der Waals surface area contributed by atoms with E-state index in [4.69, 9.17) is 11.6 Å². The summed E-state index contributed by atoms with van der Waals surface area (Å²) >= 11 is 5.92. The van der Waals surface area contributed by atoms with E-state index in [1.807, 2.05) is 20.8 Å². The Morgan fingerprint density at radius 1 is 1.47 bits per heavy atom. The first-order valence-corrected chi connectivity index (χ1v) is 5.92.